The van der Waals surface area contributed by atoms with Gasteiger partial charge in [0.1, 0.15) is 5.75 Å². The van der Waals surface area contributed by atoms with Gasteiger partial charge in [-0.3, -0.25) is 4.98 Å². The molecule has 3 rings (SSSR count). The quantitative estimate of drug-likeness (QED) is 0.916. The number of aromatic nitrogens is 1. The number of H-pyrrole nitrogens is 1. The summed E-state index contributed by atoms with van der Waals surface area (Å²) >= 11 is 0. The second-order valence-corrected chi connectivity index (χ2v) is 5.31. The van der Waals surface area contributed by atoms with Crippen molar-refractivity contribution >= 4 is 11.1 Å². The summed E-state index contributed by atoms with van der Waals surface area (Å²) in [7, 11) is 0. The molecule has 4 heteroatoms. The number of aromatic amines is 1. The normalized spacial score (nSPS) is 16.8. The molecule has 1 aliphatic rings. The Hall–Kier alpha value is -1.71. The fourth-order valence-electron chi connectivity index (χ4n) is 2.83. The summed E-state index contributed by atoms with van der Waals surface area (Å²) in [5, 5.41) is 0. The highest BCUT2D eigenvalue weighted by atomic mass is 16.5. The number of oxazole rings is 1. The molecule has 1 heterocycles. The van der Waals surface area contributed by atoms with Crippen LogP contribution in [0.5, 0.6) is 5.75 Å². The lowest BCUT2D eigenvalue weighted by molar-refractivity contribution is 0.246. The average Bonchev–Trinajstić information content (AvgIpc) is 2.79. The molecular weight excluding hydrogens is 242 g/mol. The third-order valence-electron chi connectivity index (χ3n) is 3.91. The first-order valence-electron chi connectivity index (χ1n) is 7.07. The van der Waals surface area contributed by atoms with Gasteiger partial charge in [0.2, 0.25) is 0 Å². The van der Waals surface area contributed by atoms with Crippen LogP contribution in [0.25, 0.3) is 11.1 Å². The van der Waals surface area contributed by atoms with Gasteiger partial charge in [-0.15, -0.1) is 0 Å². The molecule has 0 bridgehead atoms. The first-order chi connectivity index (χ1) is 9.31. The Balaban J connectivity index is 1.57. The maximum atomic E-state index is 11.1. The van der Waals surface area contributed by atoms with E-state index in [1.54, 1.807) is 6.07 Å². The molecule has 102 valence electrons. The second-order valence-electron chi connectivity index (χ2n) is 5.31. The number of nitrogens with one attached hydrogen (secondary N) is 1. The van der Waals surface area contributed by atoms with Crippen molar-refractivity contribution in [2.24, 2.45) is 5.92 Å². The van der Waals surface area contributed by atoms with Crippen molar-refractivity contribution in [3.05, 3.63) is 28.7 Å². The Morgan fingerprint density at radius 2 is 2.11 bits per heavy atom. The average molecular weight is 261 g/mol. The summed E-state index contributed by atoms with van der Waals surface area (Å²) in [6, 6.07) is 5.46. The number of ether oxygens (including phenoxy) is 1. The molecular formula is C15H19NO3. The lowest BCUT2D eigenvalue weighted by atomic mass is 9.87. The minimum atomic E-state index is -0.422. The maximum Gasteiger partial charge on any atom is 0.417 e. The summed E-state index contributed by atoms with van der Waals surface area (Å²) in [4.78, 5) is 13.7. The van der Waals surface area contributed by atoms with Crippen LogP contribution in [0.1, 0.15) is 38.5 Å². The first-order valence-corrected chi connectivity index (χ1v) is 7.07. The van der Waals surface area contributed by atoms with Crippen LogP contribution < -0.4 is 10.5 Å². The molecule has 0 unspecified atom stereocenters. The van der Waals surface area contributed by atoms with Crippen LogP contribution in [0, 0.1) is 5.92 Å². The molecule has 0 saturated heterocycles. The summed E-state index contributed by atoms with van der Waals surface area (Å²) < 4.78 is 10.8. The highest BCUT2D eigenvalue weighted by Crippen LogP contribution is 2.26. The molecule has 1 aliphatic carbocycles. The van der Waals surface area contributed by atoms with Gasteiger partial charge in [0.05, 0.1) is 12.1 Å². The molecule has 19 heavy (non-hydrogen) atoms. The number of fused-ring (bicyclic) bond motifs is 1. The molecule has 0 aliphatic heterocycles. The van der Waals surface area contributed by atoms with Gasteiger partial charge in [-0.05, 0) is 24.5 Å². The van der Waals surface area contributed by atoms with Gasteiger partial charge in [-0.2, -0.15) is 0 Å². The molecule has 0 atom stereocenters. The van der Waals surface area contributed by atoms with Gasteiger partial charge >= 0.3 is 5.76 Å². The van der Waals surface area contributed by atoms with Crippen molar-refractivity contribution < 1.29 is 9.15 Å². The number of rotatable bonds is 4. The highest BCUT2D eigenvalue weighted by Gasteiger charge is 2.13. The van der Waals surface area contributed by atoms with Crippen LogP contribution in [0.4, 0.5) is 0 Å². The van der Waals surface area contributed by atoms with Crippen molar-refractivity contribution in [3.8, 4) is 5.75 Å². The summed E-state index contributed by atoms with van der Waals surface area (Å²) in [6.07, 6.45) is 7.93. The zero-order chi connectivity index (χ0) is 13.1. The standard InChI is InChI=1S/C15H19NO3/c17-15-16-13-7-6-12(10-14(13)19-15)18-9-8-11-4-2-1-3-5-11/h6-7,10-11H,1-5,8-9H2,(H,16,17). The van der Waals surface area contributed by atoms with Gasteiger partial charge < -0.3 is 9.15 Å². The monoisotopic (exact) mass is 261 g/mol. The molecule has 4 nitrogen and oxygen atoms in total. The SMILES string of the molecule is O=c1[nH]c2ccc(OCCC3CCCCC3)cc2o1. The Kier molecular flexibility index (Phi) is 3.58. The van der Waals surface area contributed by atoms with Gasteiger partial charge in [-0.25, -0.2) is 4.79 Å². The van der Waals surface area contributed by atoms with Gasteiger partial charge in [0, 0.05) is 6.07 Å². The summed E-state index contributed by atoms with van der Waals surface area (Å²) in [5.74, 6) is 1.17. The first kappa shape index (κ1) is 12.3. The molecule has 0 radical (unpaired) electrons. The van der Waals surface area contributed by atoms with Crippen molar-refractivity contribution in [2.45, 2.75) is 38.5 Å². The molecule has 0 spiro atoms. The molecule has 2 aromatic rings. The van der Waals surface area contributed by atoms with Gasteiger partial charge in [0.15, 0.2) is 5.58 Å². The topological polar surface area (TPSA) is 55.2 Å². The Morgan fingerprint density at radius 1 is 1.26 bits per heavy atom. The number of hydrogen-bond acceptors (Lipinski definition) is 3. The van der Waals surface area contributed by atoms with Crippen LogP contribution in [0.3, 0.4) is 0 Å². The van der Waals surface area contributed by atoms with Gasteiger partial charge in [0.25, 0.3) is 0 Å². The maximum absolute atomic E-state index is 11.1. The predicted octanol–water partition coefficient (Wildman–Crippen LogP) is 3.47. The van der Waals surface area contributed by atoms with Crippen LogP contribution in [0.2, 0.25) is 0 Å². The van der Waals surface area contributed by atoms with Crippen LogP contribution in [0.15, 0.2) is 27.4 Å². The molecule has 0 amide bonds. The molecule has 1 fully saturated rings. The third-order valence-corrected chi connectivity index (χ3v) is 3.91. The van der Waals surface area contributed by atoms with Crippen molar-refractivity contribution in [2.75, 3.05) is 6.61 Å². The predicted molar refractivity (Wildman–Crippen MR) is 73.5 cm³/mol. The minimum absolute atomic E-state index is 0.422. The number of hydrogen-bond donors (Lipinski definition) is 1. The second kappa shape index (κ2) is 5.51. The Bertz CT molecular complexity index is 593. The zero-order valence-electron chi connectivity index (χ0n) is 11.0. The van der Waals surface area contributed by atoms with Crippen LogP contribution >= 0.6 is 0 Å². The number of benzene rings is 1. The van der Waals surface area contributed by atoms with E-state index in [1.807, 2.05) is 12.1 Å². The van der Waals surface area contributed by atoms with E-state index in [4.69, 9.17) is 9.15 Å². The zero-order valence-corrected chi connectivity index (χ0v) is 11.0. The molecule has 1 aromatic heterocycles. The van der Waals surface area contributed by atoms with Crippen LogP contribution in [-0.2, 0) is 0 Å². The van der Waals surface area contributed by atoms with E-state index in [-0.39, 0.29) is 0 Å². The van der Waals surface area contributed by atoms with E-state index in [0.717, 1.165) is 24.7 Å². The van der Waals surface area contributed by atoms with E-state index < -0.39 is 5.76 Å². The molecule has 1 saturated carbocycles. The molecule has 1 aromatic carbocycles. The lowest BCUT2D eigenvalue weighted by Crippen LogP contribution is -2.10. The fourth-order valence-corrected chi connectivity index (χ4v) is 2.83. The van der Waals surface area contributed by atoms with E-state index >= 15 is 0 Å². The largest absolute Gasteiger partial charge is 0.493 e. The summed E-state index contributed by atoms with van der Waals surface area (Å²) in [6.45, 7) is 0.741. The van der Waals surface area contributed by atoms with E-state index in [9.17, 15) is 4.79 Å². The molecule has 1 N–H and O–H groups in total. The van der Waals surface area contributed by atoms with Crippen LogP contribution in [-0.4, -0.2) is 11.6 Å². The van der Waals surface area contributed by atoms with E-state index in [1.165, 1.54) is 32.1 Å². The fraction of sp³-hybridized carbons (Fsp3) is 0.533. The smallest absolute Gasteiger partial charge is 0.417 e. The third kappa shape index (κ3) is 3.00. The van der Waals surface area contributed by atoms with Crippen molar-refractivity contribution in [3.63, 3.8) is 0 Å². The van der Waals surface area contributed by atoms with Crippen molar-refractivity contribution in [1.29, 1.82) is 0 Å². The summed E-state index contributed by atoms with van der Waals surface area (Å²) in [5.41, 5.74) is 1.27. The van der Waals surface area contributed by atoms with Gasteiger partial charge in [-0.1, -0.05) is 32.1 Å². The van der Waals surface area contributed by atoms with Crippen molar-refractivity contribution in [1.82, 2.24) is 4.98 Å². The van der Waals surface area contributed by atoms with E-state index in [2.05, 4.69) is 4.98 Å². The van der Waals surface area contributed by atoms with E-state index in [0.29, 0.717) is 11.1 Å². The lowest BCUT2D eigenvalue weighted by Gasteiger charge is -2.21. The highest BCUT2D eigenvalue weighted by molar-refractivity contribution is 5.73. The minimum Gasteiger partial charge on any atom is -0.493 e. The Morgan fingerprint density at radius 3 is 2.95 bits per heavy atom. The Labute approximate surface area is 111 Å².